The number of aliphatic hydroxyl groups is 1. The van der Waals surface area contributed by atoms with Crippen LogP contribution in [-0.2, 0) is 16.0 Å². The van der Waals surface area contributed by atoms with Crippen LogP contribution < -0.4 is 4.74 Å². The van der Waals surface area contributed by atoms with E-state index in [0.29, 0.717) is 42.9 Å². The maximum atomic E-state index is 10.5. The second-order valence-electron chi connectivity index (χ2n) is 7.77. The Bertz CT molecular complexity index is 1060. The molecule has 1 N–H and O–H groups in total. The Morgan fingerprint density at radius 3 is 2.59 bits per heavy atom. The number of ether oxygens (including phenoxy) is 3. The van der Waals surface area contributed by atoms with Crippen LogP contribution in [0.4, 0.5) is 0 Å². The first kappa shape index (κ1) is 25.8. The van der Waals surface area contributed by atoms with Gasteiger partial charge in [0.25, 0.3) is 0 Å². The van der Waals surface area contributed by atoms with E-state index in [1.807, 2.05) is 49.4 Å². The van der Waals surface area contributed by atoms with E-state index in [4.69, 9.17) is 37.3 Å². The summed E-state index contributed by atoms with van der Waals surface area (Å²) in [6.45, 7) is 4.27. The number of methoxy groups -OCH3 is 1. The largest absolute Gasteiger partial charge is 0.439 e. The van der Waals surface area contributed by atoms with E-state index in [9.17, 15) is 5.11 Å². The van der Waals surface area contributed by atoms with Crippen LogP contribution >= 0.6 is 11.6 Å². The minimum Gasteiger partial charge on any atom is -0.439 e. The summed E-state index contributed by atoms with van der Waals surface area (Å²) < 4.78 is 18.7. The summed E-state index contributed by atoms with van der Waals surface area (Å²) in [7, 11) is 1.65. The van der Waals surface area contributed by atoms with Crippen LogP contribution in [0.25, 0.3) is 5.69 Å². The molecule has 34 heavy (non-hydrogen) atoms. The molecule has 0 unspecified atom stereocenters. The van der Waals surface area contributed by atoms with E-state index >= 15 is 0 Å². The number of benzene rings is 2. The van der Waals surface area contributed by atoms with Gasteiger partial charge in [0.15, 0.2) is 0 Å². The molecular formula is C26H30ClN3O4. The van der Waals surface area contributed by atoms with Crippen LogP contribution in [0.5, 0.6) is 11.6 Å². The highest BCUT2D eigenvalue weighted by Gasteiger charge is 2.22. The molecule has 1 heterocycles. The van der Waals surface area contributed by atoms with Gasteiger partial charge < -0.3 is 19.3 Å². The molecule has 0 saturated carbocycles. The topological polar surface area (TPSA) is 69.0 Å². The molecule has 0 radical (unpaired) electrons. The molecule has 3 aromatic rings. The van der Waals surface area contributed by atoms with Gasteiger partial charge in [0.1, 0.15) is 12.4 Å². The Morgan fingerprint density at radius 2 is 1.91 bits per heavy atom. The van der Waals surface area contributed by atoms with Crippen LogP contribution in [0, 0.1) is 19.3 Å². The predicted molar refractivity (Wildman–Crippen MR) is 133 cm³/mol. The first-order valence-corrected chi connectivity index (χ1v) is 11.4. The third kappa shape index (κ3) is 7.32. The van der Waals surface area contributed by atoms with Crippen molar-refractivity contribution < 1.29 is 19.3 Å². The number of nitrogens with zero attached hydrogens (tertiary/aromatic N) is 3. The molecule has 1 aromatic heterocycles. The van der Waals surface area contributed by atoms with Gasteiger partial charge in [0.05, 0.1) is 36.3 Å². The summed E-state index contributed by atoms with van der Waals surface area (Å²) in [5.74, 6) is 3.66. The molecule has 7 nitrogen and oxygen atoms in total. The monoisotopic (exact) mass is 483 g/mol. The van der Waals surface area contributed by atoms with Crippen molar-refractivity contribution in [3.8, 4) is 29.7 Å². The highest BCUT2D eigenvalue weighted by atomic mass is 35.5. The summed E-state index contributed by atoms with van der Waals surface area (Å²) in [4.78, 5) is 2.08. The Kier molecular flexibility index (Phi) is 9.95. The number of terminal acetylenes is 1. The second kappa shape index (κ2) is 13.1. The van der Waals surface area contributed by atoms with Crippen molar-refractivity contribution in [1.29, 1.82) is 0 Å². The van der Waals surface area contributed by atoms with Gasteiger partial charge >= 0.3 is 0 Å². The highest BCUT2D eigenvalue weighted by Crippen LogP contribution is 2.32. The maximum absolute atomic E-state index is 10.5. The van der Waals surface area contributed by atoms with E-state index in [0.717, 1.165) is 16.9 Å². The van der Waals surface area contributed by atoms with Gasteiger partial charge in [-0.25, -0.2) is 4.68 Å². The fraction of sp³-hybridized carbons (Fsp3) is 0.346. The molecule has 180 valence electrons. The number of hydrogen-bond donors (Lipinski definition) is 1. The van der Waals surface area contributed by atoms with Gasteiger partial charge in [-0.15, -0.1) is 6.42 Å². The van der Waals surface area contributed by atoms with Gasteiger partial charge in [0.2, 0.25) is 5.88 Å². The van der Waals surface area contributed by atoms with Crippen molar-refractivity contribution >= 4 is 11.6 Å². The number of hydrogen-bond acceptors (Lipinski definition) is 6. The number of aromatic nitrogens is 2. The van der Waals surface area contributed by atoms with Crippen molar-refractivity contribution in [3.63, 3.8) is 0 Å². The maximum Gasteiger partial charge on any atom is 0.227 e. The molecule has 0 amide bonds. The Balaban J connectivity index is 1.91. The minimum absolute atomic E-state index is 0.157. The zero-order valence-corrected chi connectivity index (χ0v) is 20.2. The van der Waals surface area contributed by atoms with Crippen molar-refractivity contribution in [2.24, 2.45) is 0 Å². The van der Waals surface area contributed by atoms with Crippen LogP contribution in [-0.4, -0.2) is 65.9 Å². The van der Waals surface area contributed by atoms with Crippen molar-refractivity contribution in [1.82, 2.24) is 14.7 Å². The zero-order chi connectivity index (χ0) is 24.3. The van der Waals surface area contributed by atoms with Crippen molar-refractivity contribution in [2.75, 3.05) is 40.0 Å². The smallest absolute Gasteiger partial charge is 0.227 e. The lowest BCUT2D eigenvalue weighted by Crippen LogP contribution is -2.36. The van der Waals surface area contributed by atoms with Crippen LogP contribution in [0.2, 0.25) is 5.02 Å². The molecule has 0 saturated heterocycles. The molecule has 0 fully saturated rings. The van der Waals surface area contributed by atoms with Gasteiger partial charge in [-0.1, -0.05) is 35.7 Å². The number of aryl methyl sites for hydroxylation is 1. The van der Waals surface area contributed by atoms with E-state index in [2.05, 4.69) is 10.8 Å². The van der Waals surface area contributed by atoms with Crippen molar-refractivity contribution in [2.45, 2.75) is 19.6 Å². The molecule has 0 aliphatic heterocycles. The molecule has 2 aromatic carbocycles. The van der Waals surface area contributed by atoms with Crippen LogP contribution in [0.1, 0.15) is 11.3 Å². The lowest BCUT2D eigenvalue weighted by atomic mass is 10.2. The summed E-state index contributed by atoms with van der Waals surface area (Å²) in [6, 6.07) is 17.0. The Hall–Kier alpha value is -2.86. The first-order valence-electron chi connectivity index (χ1n) is 11.0. The summed E-state index contributed by atoms with van der Waals surface area (Å²) >= 11 is 6.05. The predicted octanol–water partition coefficient (Wildman–Crippen LogP) is 4.09. The lowest BCUT2D eigenvalue weighted by Gasteiger charge is -2.25. The highest BCUT2D eigenvalue weighted by molar-refractivity contribution is 6.30. The average molecular weight is 484 g/mol. The molecule has 0 spiro atoms. The number of halogens is 1. The standard InChI is InChI=1S/C26H30ClN3O4/c1-4-15-33-19-23(31)17-29(14-16-32-3)18-25-20(2)28-30(22-8-6-5-7-9-22)26(25)34-24-12-10-21(27)11-13-24/h1,5-13,23,31H,14-19H2,2-3H3/t23-/m1/s1. The Morgan fingerprint density at radius 1 is 1.18 bits per heavy atom. The van der Waals surface area contributed by atoms with Crippen LogP contribution in [0.3, 0.4) is 0 Å². The van der Waals surface area contributed by atoms with E-state index in [-0.39, 0.29) is 13.2 Å². The van der Waals surface area contributed by atoms with Gasteiger partial charge in [-0.05, 0) is 43.3 Å². The summed E-state index contributed by atoms with van der Waals surface area (Å²) in [5.41, 5.74) is 2.62. The fourth-order valence-electron chi connectivity index (χ4n) is 3.47. The summed E-state index contributed by atoms with van der Waals surface area (Å²) in [6.07, 6.45) is 4.53. The van der Waals surface area contributed by atoms with Crippen LogP contribution in [0.15, 0.2) is 54.6 Å². The number of rotatable bonds is 13. The SMILES string of the molecule is C#CCOC[C@H](O)CN(CCOC)Cc1c(C)nn(-c2ccccc2)c1Oc1ccc(Cl)cc1. The average Bonchev–Trinajstić information content (AvgIpc) is 3.14. The second-order valence-corrected chi connectivity index (χ2v) is 8.21. The molecule has 3 rings (SSSR count). The normalized spacial score (nSPS) is 12.0. The third-order valence-electron chi connectivity index (χ3n) is 5.12. The first-order chi connectivity index (χ1) is 16.5. The van der Waals surface area contributed by atoms with Gasteiger partial charge in [-0.3, -0.25) is 4.90 Å². The molecule has 1 atom stereocenters. The number of aliphatic hydroxyl groups excluding tert-OH is 1. The molecule has 0 aliphatic carbocycles. The van der Waals surface area contributed by atoms with E-state index in [1.54, 1.807) is 23.9 Å². The van der Waals surface area contributed by atoms with E-state index < -0.39 is 6.10 Å². The van der Waals surface area contributed by atoms with Gasteiger partial charge in [-0.2, -0.15) is 5.10 Å². The molecule has 0 bridgehead atoms. The quantitative estimate of drug-likeness (QED) is 0.292. The molecule has 8 heteroatoms. The molecule has 0 aliphatic rings. The number of para-hydroxylation sites is 1. The van der Waals surface area contributed by atoms with Crippen molar-refractivity contribution in [3.05, 3.63) is 70.9 Å². The third-order valence-corrected chi connectivity index (χ3v) is 5.38. The summed E-state index contributed by atoms with van der Waals surface area (Å²) in [5, 5.41) is 15.9. The lowest BCUT2D eigenvalue weighted by molar-refractivity contribution is 0.0206. The fourth-order valence-corrected chi connectivity index (χ4v) is 3.59. The van der Waals surface area contributed by atoms with E-state index in [1.165, 1.54) is 0 Å². The zero-order valence-electron chi connectivity index (χ0n) is 19.5. The Labute approximate surface area is 205 Å². The minimum atomic E-state index is -0.699. The molecular weight excluding hydrogens is 454 g/mol. The van der Waals surface area contributed by atoms with Gasteiger partial charge in [0, 0.05) is 31.8 Å².